The molecule has 14 heteroatoms. The SMILES string of the molecule is CC[C@@H](C)NC(=O)[C@H](CC)N(Cc1ccc(Cl)cc1Cl)C(=O)CN(c1ccc(Cl)c(C(F)(F)F)c1)S(C)(=O)=O. The Morgan fingerprint density at radius 1 is 1.00 bits per heavy atom. The summed E-state index contributed by atoms with van der Waals surface area (Å²) in [6.45, 7) is 4.27. The second kappa shape index (κ2) is 13.4. The van der Waals surface area contributed by atoms with Gasteiger partial charge >= 0.3 is 6.18 Å². The third-order valence-electron chi connectivity index (χ3n) is 5.97. The van der Waals surface area contributed by atoms with E-state index in [1.165, 1.54) is 6.07 Å². The van der Waals surface area contributed by atoms with Crippen molar-refractivity contribution in [2.24, 2.45) is 0 Å². The van der Waals surface area contributed by atoms with E-state index in [0.29, 0.717) is 27.4 Å². The van der Waals surface area contributed by atoms with Crippen molar-refractivity contribution < 1.29 is 31.2 Å². The van der Waals surface area contributed by atoms with Crippen LogP contribution >= 0.6 is 34.8 Å². The van der Waals surface area contributed by atoms with Gasteiger partial charge in [-0.2, -0.15) is 13.2 Å². The van der Waals surface area contributed by atoms with E-state index < -0.39 is 56.9 Å². The molecular weight excluding hydrogens is 602 g/mol. The molecule has 0 aliphatic heterocycles. The maximum Gasteiger partial charge on any atom is 0.417 e. The van der Waals surface area contributed by atoms with Crippen molar-refractivity contribution >= 4 is 62.3 Å². The van der Waals surface area contributed by atoms with E-state index in [9.17, 15) is 31.2 Å². The predicted molar refractivity (Wildman–Crippen MR) is 148 cm³/mol. The Balaban J connectivity index is 2.56. The maximum absolute atomic E-state index is 13.7. The zero-order valence-electron chi connectivity index (χ0n) is 21.7. The Bertz CT molecular complexity index is 1310. The van der Waals surface area contributed by atoms with Crippen molar-refractivity contribution in [3.05, 3.63) is 62.6 Å². The van der Waals surface area contributed by atoms with Crippen molar-refractivity contribution in [2.75, 3.05) is 17.1 Å². The van der Waals surface area contributed by atoms with Crippen LogP contribution in [0.3, 0.4) is 0 Å². The molecule has 39 heavy (non-hydrogen) atoms. The number of anilines is 1. The summed E-state index contributed by atoms with van der Waals surface area (Å²) in [5.74, 6) is -1.30. The van der Waals surface area contributed by atoms with Crippen LogP contribution in [0.15, 0.2) is 36.4 Å². The van der Waals surface area contributed by atoms with Crippen molar-refractivity contribution in [3.63, 3.8) is 0 Å². The summed E-state index contributed by atoms with van der Waals surface area (Å²) in [5, 5.41) is 2.74. The first-order valence-electron chi connectivity index (χ1n) is 11.9. The molecule has 0 aliphatic rings. The molecule has 0 radical (unpaired) electrons. The topological polar surface area (TPSA) is 86.8 Å². The number of benzene rings is 2. The molecule has 0 aliphatic carbocycles. The van der Waals surface area contributed by atoms with Crippen LogP contribution < -0.4 is 9.62 Å². The zero-order valence-corrected chi connectivity index (χ0v) is 24.7. The molecule has 0 heterocycles. The molecule has 216 valence electrons. The van der Waals surface area contributed by atoms with Gasteiger partial charge in [0.05, 0.1) is 22.5 Å². The lowest BCUT2D eigenvalue weighted by Gasteiger charge is -2.33. The number of alkyl halides is 3. The monoisotopic (exact) mass is 629 g/mol. The minimum atomic E-state index is -4.86. The standard InChI is InChI=1S/C25H29Cl3F3N3O4S/c1-5-15(3)32-24(36)22(6-2)33(13-16-7-8-17(26)11-21(16)28)23(35)14-34(39(4,37)38)18-9-10-20(27)19(12-18)25(29,30)31/h7-12,15,22H,5-6,13-14H2,1-4H3,(H,32,36)/t15-,22+/m1/s1. The normalized spacial score (nSPS) is 13.5. The average molecular weight is 631 g/mol. The van der Waals surface area contributed by atoms with Crippen molar-refractivity contribution in [1.82, 2.24) is 10.2 Å². The van der Waals surface area contributed by atoms with E-state index in [0.717, 1.165) is 23.3 Å². The minimum Gasteiger partial charge on any atom is -0.352 e. The van der Waals surface area contributed by atoms with E-state index in [1.54, 1.807) is 26.0 Å². The van der Waals surface area contributed by atoms with E-state index in [4.69, 9.17) is 34.8 Å². The van der Waals surface area contributed by atoms with Crippen LogP contribution in [0.25, 0.3) is 0 Å². The minimum absolute atomic E-state index is 0.164. The predicted octanol–water partition coefficient (Wildman–Crippen LogP) is 6.15. The molecule has 2 aromatic rings. The van der Waals surface area contributed by atoms with Gasteiger partial charge in [0.15, 0.2) is 0 Å². The molecule has 0 fully saturated rings. The van der Waals surface area contributed by atoms with Gasteiger partial charge in [-0.3, -0.25) is 13.9 Å². The fourth-order valence-corrected chi connectivity index (χ4v) is 5.23. The summed E-state index contributed by atoms with van der Waals surface area (Å²) in [7, 11) is -4.25. The molecule has 7 nitrogen and oxygen atoms in total. The van der Waals surface area contributed by atoms with Gasteiger partial charge in [0.2, 0.25) is 21.8 Å². The van der Waals surface area contributed by atoms with Crippen molar-refractivity contribution in [1.29, 1.82) is 0 Å². The van der Waals surface area contributed by atoms with Crippen molar-refractivity contribution in [3.8, 4) is 0 Å². The van der Waals surface area contributed by atoms with Crippen LogP contribution in [0.5, 0.6) is 0 Å². The highest BCUT2D eigenvalue weighted by Gasteiger charge is 2.36. The van der Waals surface area contributed by atoms with E-state index in [-0.39, 0.29) is 24.0 Å². The summed E-state index contributed by atoms with van der Waals surface area (Å²) in [6, 6.07) is 5.86. The molecule has 1 N–H and O–H groups in total. The highest BCUT2D eigenvalue weighted by Crippen LogP contribution is 2.37. The fraction of sp³-hybridized carbons (Fsp3) is 0.440. The lowest BCUT2D eigenvalue weighted by molar-refractivity contribution is -0.140. The number of sulfonamides is 1. The van der Waals surface area contributed by atoms with Gasteiger partial charge in [-0.15, -0.1) is 0 Å². The summed E-state index contributed by atoms with van der Waals surface area (Å²) < 4.78 is 66.3. The Morgan fingerprint density at radius 2 is 1.64 bits per heavy atom. The number of nitrogens with one attached hydrogen (secondary N) is 1. The number of amides is 2. The van der Waals surface area contributed by atoms with Crippen LogP contribution in [0.4, 0.5) is 18.9 Å². The molecular formula is C25H29Cl3F3N3O4S. The number of halogens is 6. The summed E-state index contributed by atoms with van der Waals surface area (Å²) in [6.07, 6.45) is -3.31. The molecule has 0 saturated carbocycles. The highest BCUT2D eigenvalue weighted by atomic mass is 35.5. The zero-order chi connectivity index (χ0) is 29.7. The molecule has 0 saturated heterocycles. The van der Waals surface area contributed by atoms with Crippen molar-refractivity contribution in [2.45, 2.75) is 58.4 Å². The number of nitrogens with zero attached hydrogens (tertiary/aromatic N) is 2. The Kier molecular flexibility index (Phi) is 11.4. The number of carbonyl (C=O) groups is 2. The number of hydrogen-bond acceptors (Lipinski definition) is 4. The Labute approximate surface area is 241 Å². The van der Waals surface area contributed by atoms with Gasteiger partial charge in [0, 0.05) is 22.6 Å². The third kappa shape index (κ3) is 8.89. The Morgan fingerprint density at radius 3 is 2.15 bits per heavy atom. The highest BCUT2D eigenvalue weighted by molar-refractivity contribution is 7.92. The molecule has 0 spiro atoms. The first-order valence-corrected chi connectivity index (χ1v) is 14.9. The molecule has 0 bridgehead atoms. The molecule has 2 aromatic carbocycles. The van der Waals surface area contributed by atoms with Gasteiger partial charge < -0.3 is 10.2 Å². The first-order chi connectivity index (χ1) is 18.0. The van der Waals surface area contributed by atoms with Gasteiger partial charge in [0.25, 0.3) is 0 Å². The largest absolute Gasteiger partial charge is 0.417 e. The second-order valence-corrected chi connectivity index (χ2v) is 12.1. The van der Waals surface area contributed by atoms with Crippen LogP contribution in [0.2, 0.25) is 15.1 Å². The van der Waals surface area contributed by atoms with Crippen LogP contribution in [0.1, 0.15) is 44.7 Å². The summed E-state index contributed by atoms with van der Waals surface area (Å²) >= 11 is 18.0. The lowest BCUT2D eigenvalue weighted by atomic mass is 10.1. The van der Waals surface area contributed by atoms with E-state index in [1.807, 2.05) is 6.92 Å². The van der Waals surface area contributed by atoms with Gasteiger partial charge in [-0.25, -0.2) is 8.42 Å². The maximum atomic E-state index is 13.7. The molecule has 2 amide bonds. The quantitative estimate of drug-likeness (QED) is 0.323. The summed E-state index contributed by atoms with van der Waals surface area (Å²) in [5.41, 5.74) is -1.24. The average Bonchev–Trinajstić information content (AvgIpc) is 2.82. The number of carbonyl (C=O) groups excluding carboxylic acids is 2. The van der Waals surface area contributed by atoms with Gasteiger partial charge in [-0.1, -0.05) is 54.7 Å². The van der Waals surface area contributed by atoms with E-state index in [2.05, 4.69) is 5.32 Å². The fourth-order valence-electron chi connectivity index (χ4n) is 3.69. The number of rotatable bonds is 11. The molecule has 0 unspecified atom stereocenters. The lowest BCUT2D eigenvalue weighted by Crippen LogP contribution is -2.53. The molecule has 2 atom stereocenters. The van der Waals surface area contributed by atoms with Crippen LogP contribution in [0, 0.1) is 0 Å². The van der Waals surface area contributed by atoms with Gasteiger partial charge in [-0.05, 0) is 55.7 Å². The van der Waals surface area contributed by atoms with Gasteiger partial charge in [0.1, 0.15) is 12.6 Å². The smallest absolute Gasteiger partial charge is 0.352 e. The number of hydrogen-bond donors (Lipinski definition) is 1. The summed E-state index contributed by atoms with van der Waals surface area (Å²) in [4.78, 5) is 28.0. The van der Waals surface area contributed by atoms with Crippen LogP contribution in [-0.4, -0.2) is 50.0 Å². The second-order valence-electron chi connectivity index (χ2n) is 8.93. The van der Waals surface area contributed by atoms with E-state index >= 15 is 0 Å². The third-order valence-corrected chi connectivity index (χ3v) is 8.02. The molecule has 2 rings (SSSR count). The molecule has 0 aromatic heterocycles. The Hall–Kier alpha value is -2.21. The first kappa shape index (κ1) is 33.0. The van der Waals surface area contributed by atoms with Crippen LogP contribution in [-0.2, 0) is 32.3 Å².